The monoisotopic (exact) mass is 623 g/mol. The first kappa shape index (κ1) is 25.5. The van der Waals surface area contributed by atoms with Crippen LogP contribution in [0.3, 0.4) is 0 Å². The predicted molar refractivity (Wildman–Crippen MR) is 150 cm³/mol. The zero-order valence-corrected chi connectivity index (χ0v) is 23.1. The average Bonchev–Trinajstić information content (AvgIpc) is 3.42. The van der Waals surface area contributed by atoms with Crippen LogP contribution in [0.5, 0.6) is 5.75 Å². The van der Waals surface area contributed by atoms with E-state index >= 15 is 0 Å². The van der Waals surface area contributed by atoms with Gasteiger partial charge in [0, 0.05) is 33.0 Å². The van der Waals surface area contributed by atoms with E-state index in [1.54, 1.807) is 24.3 Å². The van der Waals surface area contributed by atoms with Crippen molar-refractivity contribution in [2.24, 2.45) is 5.92 Å². The fraction of sp³-hybridized carbons (Fsp3) is 0.148. The lowest BCUT2D eigenvalue weighted by Crippen LogP contribution is -2.32. The zero-order valence-electron chi connectivity index (χ0n) is 19.9. The SMILES string of the molecule is O=C1C2Sc3[nH]c(=O)sc3[C@H](c3cc([N+](=O)[O-])ccc3OCc3ccccc3)C2C(=O)N1c1ccc(Br)cc1. The molecule has 12 heteroatoms. The number of aromatic nitrogens is 1. The van der Waals surface area contributed by atoms with Gasteiger partial charge in [-0.05, 0) is 35.9 Å². The van der Waals surface area contributed by atoms with E-state index < -0.39 is 33.8 Å². The number of H-pyrrole nitrogens is 1. The molecule has 0 saturated carbocycles. The molecular weight excluding hydrogens is 606 g/mol. The van der Waals surface area contributed by atoms with Crippen LogP contribution in [-0.4, -0.2) is 27.0 Å². The van der Waals surface area contributed by atoms with Gasteiger partial charge in [0.05, 0.1) is 21.6 Å². The number of fused-ring (bicyclic) bond motifs is 2. The maximum atomic E-state index is 14.0. The van der Waals surface area contributed by atoms with E-state index in [2.05, 4.69) is 20.9 Å². The molecule has 2 aliphatic rings. The Morgan fingerprint density at radius 2 is 1.74 bits per heavy atom. The maximum absolute atomic E-state index is 14.0. The van der Waals surface area contributed by atoms with Crippen LogP contribution >= 0.6 is 39.0 Å². The maximum Gasteiger partial charge on any atom is 0.305 e. The molecule has 6 rings (SSSR count). The summed E-state index contributed by atoms with van der Waals surface area (Å²) in [7, 11) is 0. The van der Waals surface area contributed by atoms with E-state index in [1.807, 2.05) is 30.3 Å². The largest absolute Gasteiger partial charge is 0.489 e. The number of ether oxygens (including phenoxy) is 1. The van der Waals surface area contributed by atoms with Crippen LogP contribution in [0.2, 0.25) is 0 Å². The number of rotatable bonds is 6. The van der Waals surface area contributed by atoms with E-state index in [-0.39, 0.29) is 17.2 Å². The number of anilines is 1. The number of nitrogens with one attached hydrogen (secondary N) is 1. The van der Waals surface area contributed by atoms with Crippen LogP contribution in [0.15, 0.2) is 87.1 Å². The molecule has 1 saturated heterocycles. The van der Waals surface area contributed by atoms with Crippen LogP contribution in [0.1, 0.15) is 21.9 Å². The van der Waals surface area contributed by atoms with Crippen molar-refractivity contribution in [3.8, 4) is 5.75 Å². The fourth-order valence-corrected chi connectivity index (χ4v) is 7.73. The molecule has 9 nitrogen and oxygen atoms in total. The number of nitro benzene ring substituents is 1. The number of hydrogen-bond acceptors (Lipinski definition) is 8. The topological polar surface area (TPSA) is 123 Å². The normalized spacial score (nSPS) is 20.0. The predicted octanol–water partition coefficient (Wildman–Crippen LogP) is 5.48. The molecule has 1 aromatic heterocycles. The van der Waals surface area contributed by atoms with Crippen molar-refractivity contribution in [1.29, 1.82) is 0 Å². The first-order valence-electron chi connectivity index (χ1n) is 11.8. The van der Waals surface area contributed by atoms with E-state index in [0.717, 1.165) is 38.0 Å². The summed E-state index contributed by atoms with van der Waals surface area (Å²) in [4.78, 5) is 55.4. The molecule has 0 aliphatic carbocycles. The number of non-ortho nitro benzene ring substituents is 1. The summed E-state index contributed by atoms with van der Waals surface area (Å²) >= 11 is 5.45. The number of benzene rings is 3. The summed E-state index contributed by atoms with van der Waals surface area (Å²) < 4.78 is 6.94. The third-order valence-electron chi connectivity index (χ3n) is 6.69. The molecule has 1 N–H and O–H groups in total. The minimum Gasteiger partial charge on any atom is -0.489 e. The first-order chi connectivity index (χ1) is 18.8. The van der Waals surface area contributed by atoms with Crippen LogP contribution < -0.4 is 14.5 Å². The molecule has 3 aromatic carbocycles. The molecule has 1 fully saturated rings. The molecule has 2 aliphatic heterocycles. The summed E-state index contributed by atoms with van der Waals surface area (Å²) in [6, 6.07) is 20.5. The number of amides is 2. The van der Waals surface area contributed by atoms with Crippen LogP contribution in [0.4, 0.5) is 11.4 Å². The second-order valence-corrected chi connectivity index (χ2v) is 12.1. The number of thioether (sulfide) groups is 1. The molecule has 0 bridgehead atoms. The van der Waals surface area contributed by atoms with Crippen molar-refractivity contribution in [3.05, 3.63) is 113 Å². The Morgan fingerprint density at radius 1 is 1.00 bits per heavy atom. The number of carbonyl (C=O) groups is 2. The molecule has 3 heterocycles. The van der Waals surface area contributed by atoms with Gasteiger partial charge >= 0.3 is 4.87 Å². The quantitative estimate of drug-likeness (QED) is 0.171. The Balaban J connectivity index is 1.48. The smallest absolute Gasteiger partial charge is 0.305 e. The molecular formula is C27H18BrN3O6S2. The number of aromatic amines is 1. The van der Waals surface area contributed by atoms with Crippen molar-refractivity contribution in [3.63, 3.8) is 0 Å². The minimum atomic E-state index is -0.897. The average molecular weight is 624 g/mol. The molecule has 0 radical (unpaired) electrons. The highest BCUT2D eigenvalue weighted by molar-refractivity contribution is 9.10. The standard InChI is InChI=1S/C27H18BrN3O6S2/c28-15-6-8-16(9-7-15)30-25(32)21-20(22-24(29-27(34)39-22)38-23(21)26(30)33)18-12-17(31(35)36)10-11-19(18)37-13-14-4-2-1-3-5-14/h1-12,20-21,23H,13H2,(H,29,34)/t20-,21?,23?/m1/s1. The van der Waals surface area contributed by atoms with E-state index in [9.17, 15) is 24.5 Å². The van der Waals surface area contributed by atoms with Crippen molar-refractivity contribution in [1.82, 2.24) is 4.98 Å². The number of carbonyl (C=O) groups excluding carboxylic acids is 2. The lowest BCUT2D eigenvalue weighted by molar-refractivity contribution is -0.385. The van der Waals surface area contributed by atoms with Gasteiger partial charge in [0.1, 0.15) is 17.6 Å². The first-order valence-corrected chi connectivity index (χ1v) is 14.3. The molecule has 39 heavy (non-hydrogen) atoms. The van der Waals surface area contributed by atoms with Gasteiger partial charge in [0.25, 0.3) is 5.69 Å². The van der Waals surface area contributed by atoms with Crippen molar-refractivity contribution >= 4 is 62.2 Å². The Labute approximate surface area is 238 Å². The van der Waals surface area contributed by atoms with Gasteiger partial charge in [-0.2, -0.15) is 0 Å². The second kappa shape index (κ2) is 10.1. The van der Waals surface area contributed by atoms with E-state index in [0.29, 0.717) is 26.9 Å². The summed E-state index contributed by atoms with van der Waals surface area (Å²) in [5.41, 5.74) is 1.52. The Hall–Kier alpha value is -3.74. The van der Waals surface area contributed by atoms with E-state index in [1.165, 1.54) is 18.2 Å². The summed E-state index contributed by atoms with van der Waals surface area (Å²) in [6.45, 7) is 0.190. The van der Waals surface area contributed by atoms with Gasteiger partial charge in [-0.1, -0.05) is 69.4 Å². The third-order valence-corrected chi connectivity index (χ3v) is 9.61. The molecule has 2 amide bonds. The highest BCUT2D eigenvalue weighted by Gasteiger charge is 2.57. The van der Waals surface area contributed by atoms with E-state index in [4.69, 9.17) is 4.74 Å². The summed E-state index contributed by atoms with van der Waals surface area (Å²) in [5, 5.41) is 11.4. The van der Waals surface area contributed by atoms with Crippen molar-refractivity contribution < 1.29 is 19.2 Å². The Bertz CT molecular complexity index is 1670. The van der Waals surface area contributed by atoms with Gasteiger partial charge in [-0.15, -0.1) is 0 Å². The lowest BCUT2D eigenvalue weighted by Gasteiger charge is -2.30. The van der Waals surface area contributed by atoms with Crippen LogP contribution in [-0.2, 0) is 16.2 Å². The van der Waals surface area contributed by atoms with Crippen LogP contribution in [0.25, 0.3) is 0 Å². The molecule has 4 aromatic rings. The molecule has 196 valence electrons. The summed E-state index contributed by atoms with van der Waals surface area (Å²) in [6.07, 6.45) is 0. The third kappa shape index (κ3) is 4.58. The molecule has 0 spiro atoms. The number of nitro groups is 1. The number of hydrogen-bond donors (Lipinski definition) is 1. The Morgan fingerprint density at radius 3 is 2.46 bits per heavy atom. The molecule has 2 unspecified atom stereocenters. The van der Waals surface area contributed by atoms with Crippen molar-refractivity contribution in [2.45, 2.75) is 22.8 Å². The number of halogens is 1. The highest BCUT2D eigenvalue weighted by atomic mass is 79.9. The van der Waals surface area contributed by atoms with Gasteiger partial charge in [0.15, 0.2) is 0 Å². The highest BCUT2D eigenvalue weighted by Crippen LogP contribution is 2.55. The van der Waals surface area contributed by atoms with Gasteiger partial charge < -0.3 is 9.72 Å². The number of nitrogens with zero attached hydrogens (tertiary/aromatic N) is 2. The van der Waals surface area contributed by atoms with Crippen LogP contribution in [0, 0.1) is 16.0 Å². The second-order valence-electron chi connectivity index (χ2n) is 8.99. The zero-order chi connectivity index (χ0) is 27.3. The Kier molecular flexibility index (Phi) is 6.61. The lowest BCUT2D eigenvalue weighted by atomic mass is 9.82. The minimum absolute atomic E-state index is 0.183. The van der Waals surface area contributed by atoms with Gasteiger partial charge in [-0.25, -0.2) is 4.90 Å². The number of imide groups is 1. The van der Waals surface area contributed by atoms with Gasteiger partial charge in [0.2, 0.25) is 11.8 Å². The number of thiazole rings is 1. The fourth-order valence-electron chi connectivity index (χ4n) is 4.96. The summed E-state index contributed by atoms with van der Waals surface area (Å²) in [5.74, 6) is -2.20. The van der Waals surface area contributed by atoms with Crippen molar-refractivity contribution in [2.75, 3.05) is 4.90 Å². The van der Waals surface area contributed by atoms with Gasteiger partial charge in [-0.3, -0.25) is 24.5 Å². The molecule has 3 atom stereocenters.